The van der Waals surface area contributed by atoms with Crippen molar-refractivity contribution in [3.05, 3.63) is 18.0 Å². The number of rotatable bonds is 8. The topological polar surface area (TPSA) is 120 Å². The van der Waals surface area contributed by atoms with Crippen molar-refractivity contribution >= 4 is 26.3 Å². The number of ether oxygens (including phenoxy) is 2. The molecule has 2 saturated heterocycles. The van der Waals surface area contributed by atoms with Crippen LogP contribution >= 0.6 is 0 Å². The molecular formula is C24H38F3N5O5Si. The number of alkyl halides is 3. The van der Waals surface area contributed by atoms with E-state index in [1.54, 1.807) is 11.8 Å². The first-order valence-corrected chi connectivity index (χ1v) is 15.6. The highest BCUT2D eigenvalue weighted by Crippen LogP contribution is 2.39. The highest BCUT2D eigenvalue weighted by Gasteiger charge is 2.47. The molecule has 1 aromatic heterocycles. The molecule has 2 aliphatic rings. The van der Waals surface area contributed by atoms with Crippen molar-refractivity contribution in [2.75, 3.05) is 31.1 Å². The van der Waals surface area contributed by atoms with Crippen LogP contribution in [0.25, 0.3) is 0 Å². The van der Waals surface area contributed by atoms with Crippen LogP contribution in [0.5, 0.6) is 0 Å². The van der Waals surface area contributed by atoms with Crippen LogP contribution in [0.1, 0.15) is 46.1 Å². The van der Waals surface area contributed by atoms with Gasteiger partial charge in [-0.2, -0.15) is 13.2 Å². The average molecular weight is 562 g/mol. The minimum atomic E-state index is -4.52. The Morgan fingerprint density at radius 2 is 1.82 bits per heavy atom. The predicted octanol–water partition coefficient (Wildman–Crippen LogP) is 3.57. The Morgan fingerprint density at radius 3 is 2.37 bits per heavy atom. The van der Waals surface area contributed by atoms with Gasteiger partial charge in [-0.05, 0) is 31.5 Å². The van der Waals surface area contributed by atoms with E-state index in [0.29, 0.717) is 32.5 Å². The Kier molecular flexibility index (Phi) is 8.98. The number of halogens is 3. The first-order valence-electron chi connectivity index (χ1n) is 12.7. The number of piperidine rings is 1. The first kappa shape index (κ1) is 30.1. The van der Waals surface area contributed by atoms with E-state index < -0.39 is 44.5 Å². The summed E-state index contributed by atoms with van der Waals surface area (Å²) < 4.78 is 56.3. The van der Waals surface area contributed by atoms with E-state index in [-0.39, 0.29) is 29.5 Å². The van der Waals surface area contributed by atoms with Gasteiger partial charge in [0.05, 0.1) is 24.3 Å². The van der Waals surface area contributed by atoms with Gasteiger partial charge in [-0.3, -0.25) is 4.79 Å². The molecule has 38 heavy (non-hydrogen) atoms. The molecule has 10 nitrogen and oxygen atoms in total. The van der Waals surface area contributed by atoms with Crippen molar-refractivity contribution in [3.63, 3.8) is 0 Å². The highest BCUT2D eigenvalue weighted by molar-refractivity contribution is 6.74. The summed E-state index contributed by atoms with van der Waals surface area (Å²) in [6.07, 6.45) is -4.49. The summed E-state index contributed by atoms with van der Waals surface area (Å²) in [5.74, 6) is 0.0296. The van der Waals surface area contributed by atoms with Gasteiger partial charge in [0.1, 0.15) is 12.2 Å². The molecule has 1 unspecified atom stereocenters. The van der Waals surface area contributed by atoms with Crippen LogP contribution < -0.4 is 10.6 Å². The second kappa shape index (κ2) is 11.3. The Bertz CT molecular complexity index is 989. The van der Waals surface area contributed by atoms with Gasteiger partial charge in [0.15, 0.2) is 8.32 Å². The van der Waals surface area contributed by atoms with Gasteiger partial charge >= 0.3 is 12.3 Å². The second-order valence-corrected chi connectivity index (χ2v) is 16.1. The van der Waals surface area contributed by atoms with E-state index >= 15 is 0 Å². The zero-order valence-corrected chi connectivity index (χ0v) is 23.7. The number of hydrogen-bond donors (Lipinski definition) is 1. The molecule has 2 amide bonds. The number of nitrogens with zero attached hydrogens (tertiary/aromatic N) is 4. The number of aromatic nitrogens is 2. The molecule has 0 radical (unpaired) electrons. The van der Waals surface area contributed by atoms with Crippen LogP contribution in [0.15, 0.2) is 12.4 Å². The number of hydrogen-bond acceptors (Lipinski definition) is 8. The summed E-state index contributed by atoms with van der Waals surface area (Å²) in [4.78, 5) is 35.8. The number of nitrogens with two attached hydrogens (primary N) is 1. The van der Waals surface area contributed by atoms with Crippen molar-refractivity contribution < 1.29 is 36.7 Å². The van der Waals surface area contributed by atoms with Gasteiger partial charge in [-0.25, -0.2) is 14.8 Å². The monoisotopic (exact) mass is 561 g/mol. The third kappa shape index (κ3) is 7.14. The van der Waals surface area contributed by atoms with E-state index in [0.717, 1.165) is 12.4 Å². The molecule has 2 aliphatic heterocycles. The largest absolute Gasteiger partial charge is 0.444 e. The maximum atomic E-state index is 13.3. The third-order valence-electron chi connectivity index (χ3n) is 7.47. The van der Waals surface area contributed by atoms with Crippen molar-refractivity contribution in [1.29, 1.82) is 0 Å². The Hall–Kier alpha value is -2.45. The van der Waals surface area contributed by atoms with E-state index in [4.69, 9.17) is 19.6 Å². The molecule has 0 bridgehead atoms. The summed E-state index contributed by atoms with van der Waals surface area (Å²) in [5.41, 5.74) is 4.13. The summed E-state index contributed by atoms with van der Waals surface area (Å²) in [5, 5.41) is -0.0953. The maximum Gasteiger partial charge on any atom is 0.419 e. The fourth-order valence-corrected chi connectivity index (χ4v) is 5.73. The summed E-state index contributed by atoms with van der Waals surface area (Å²) in [6.45, 7) is 13.5. The molecule has 2 N–H and O–H groups in total. The molecule has 14 heteroatoms. The van der Waals surface area contributed by atoms with Gasteiger partial charge in [0, 0.05) is 38.4 Å². The number of carbonyl (C=O) groups excluding carboxylic acids is 2. The van der Waals surface area contributed by atoms with E-state index in [1.165, 1.54) is 0 Å². The smallest absolute Gasteiger partial charge is 0.419 e. The van der Waals surface area contributed by atoms with Gasteiger partial charge < -0.3 is 29.4 Å². The molecule has 3 heterocycles. The van der Waals surface area contributed by atoms with E-state index in [2.05, 4.69) is 43.8 Å². The molecule has 0 spiro atoms. The molecule has 1 aromatic rings. The minimum absolute atomic E-state index is 0.0424. The standard InChI is InChI=1S/C24H38F3N5O5Si/c1-15(36-21(28)34)14-35-18-8-10-32(20(18)33)17-7-9-31(13-19(17)37-38(5,6)23(2,3)4)22-29-11-16(12-30-22)24(25,26)27/h11-12,15,17-19H,7-10,13-14H2,1-6H3,(H2,28,34)/t15?,17-,18+,19-/m0/s1. The molecular weight excluding hydrogens is 523 g/mol. The summed E-state index contributed by atoms with van der Waals surface area (Å²) in [6, 6.07) is -0.241. The number of primary amides is 1. The molecule has 0 aromatic carbocycles. The second-order valence-electron chi connectivity index (χ2n) is 11.4. The molecule has 214 valence electrons. The lowest BCUT2D eigenvalue weighted by Gasteiger charge is -2.47. The fourth-order valence-electron chi connectivity index (χ4n) is 4.39. The van der Waals surface area contributed by atoms with Crippen molar-refractivity contribution in [2.45, 2.75) is 89.2 Å². The number of amides is 2. The number of carbonyl (C=O) groups is 2. The van der Waals surface area contributed by atoms with Crippen LogP contribution in [0.4, 0.5) is 23.9 Å². The highest BCUT2D eigenvalue weighted by atomic mass is 28.4. The van der Waals surface area contributed by atoms with E-state index in [9.17, 15) is 22.8 Å². The van der Waals surface area contributed by atoms with Gasteiger partial charge in [-0.1, -0.05) is 20.8 Å². The van der Waals surface area contributed by atoms with Gasteiger partial charge in [0.2, 0.25) is 5.95 Å². The minimum Gasteiger partial charge on any atom is -0.444 e. The normalized spacial score (nSPS) is 24.0. The Morgan fingerprint density at radius 1 is 1.18 bits per heavy atom. The maximum absolute atomic E-state index is 13.3. The lowest BCUT2D eigenvalue weighted by Crippen LogP contribution is -2.60. The van der Waals surface area contributed by atoms with Crippen LogP contribution in [-0.4, -0.2) is 85.8 Å². The summed E-state index contributed by atoms with van der Waals surface area (Å²) in [7, 11) is -2.28. The van der Waals surface area contributed by atoms with Gasteiger partial charge in [-0.15, -0.1) is 0 Å². The zero-order valence-electron chi connectivity index (χ0n) is 22.7. The van der Waals surface area contributed by atoms with Crippen LogP contribution in [0.3, 0.4) is 0 Å². The van der Waals surface area contributed by atoms with Crippen molar-refractivity contribution in [3.8, 4) is 0 Å². The van der Waals surface area contributed by atoms with Crippen molar-refractivity contribution in [2.24, 2.45) is 5.73 Å². The lowest BCUT2D eigenvalue weighted by atomic mass is 10.0. The van der Waals surface area contributed by atoms with Crippen LogP contribution in [0, 0.1) is 0 Å². The van der Waals surface area contributed by atoms with Crippen LogP contribution in [-0.2, 0) is 24.9 Å². The fraction of sp³-hybridized carbons (Fsp3) is 0.750. The molecule has 2 fully saturated rings. The predicted molar refractivity (Wildman–Crippen MR) is 136 cm³/mol. The van der Waals surface area contributed by atoms with Crippen LogP contribution in [0.2, 0.25) is 18.1 Å². The molecule has 4 atom stereocenters. The Balaban J connectivity index is 1.76. The number of likely N-dealkylation sites (tertiary alicyclic amines) is 1. The summed E-state index contributed by atoms with van der Waals surface area (Å²) >= 11 is 0. The zero-order chi connectivity index (χ0) is 28.5. The van der Waals surface area contributed by atoms with E-state index in [1.807, 2.05) is 4.90 Å². The third-order valence-corrected chi connectivity index (χ3v) is 12.0. The lowest BCUT2D eigenvalue weighted by molar-refractivity contribution is -0.142. The van der Waals surface area contributed by atoms with Crippen molar-refractivity contribution in [1.82, 2.24) is 14.9 Å². The molecule has 3 rings (SSSR count). The Labute approximate surface area is 222 Å². The number of anilines is 1. The molecule has 0 saturated carbocycles. The SMILES string of the molecule is CC(CO[C@@H]1CCN([C@H]2CCN(c3ncc(C(F)(F)F)cn3)C[C@@H]2O[Si](C)(C)C(C)(C)C)C1=O)OC(N)=O. The average Bonchev–Trinajstić information content (AvgIpc) is 3.15. The first-order chi connectivity index (χ1) is 17.5. The quantitative estimate of drug-likeness (QED) is 0.479. The van der Waals surface area contributed by atoms with Gasteiger partial charge in [0.25, 0.3) is 5.91 Å². The molecule has 0 aliphatic carbocycles.